The molecule has 10 heteroatoms. The van der Waals surface area contributed by atoms with Crippen LogP contribution in [0.3, 0.4) is 0 Å². The van der Waals surface area contributed by atoms with E-state index in [0.717, 1.165) is 10.5 Å². The van der Waals surface area contributed by atoms with Crippen LogP contribution in [0.2, 0.25) is 25.7 Å². The van der Waals surface area contributed by atoms with Gasteiger partial charge in [0.15, 0.2) is 12.1 Å². The third kappa shape index (κ3) is 7.90. The smallest absolute Gasteiger partial charge is 0.416 e. The summed E-state index contributed by atoms with van der Waals surface area (Å²) < 4.78 is 12.2. The molecule has 1 aromatic heterocycles. The minimum atomic E-state index is -1.36. The number of aldehydes is 1. The quantitative estimate of drug-likeness (QED) is 0.341. The molecule has 0 aliphatic rings. The Balaban J connectivity index is 2.45. The summed E-state index contributed by atoms with van der Waals surface area (Å²) in [6.45, 7) is 12.5. The van der Waals surface area contributed by atoms with Crippen molar-refractivity contribution >= 4 is 53.8 Å². The summed E-state index contributed by atoms with van der Waals surface area (Å²) in [5.41, 5.74) is 0.224. The first-order valence-electron chi connectivity index (χ1n) is 10.3. The largest absolute Gasteiger partial charge is 0.477 e. The third-order valence-electron chi connectivity index (χ3n) is 4.18. The number of nitrogens with one attached hydrogen (secondary N) is 1. The fourth-order valence-electron chi connectivity index (χ4n) is 2.43. The molecule has 0 unspecified atom stereocenters. The van der Waals surface area contributed by atoms with E-state index in [4.69, 9.17) is 9.47 Å². The highest BCUT2D eigenvalue weighted by atomic mass is 79.9. The van der Waals surface area contributed by atoms with E-state index in [1.54, 1.807) is 20.8 Å². The first kappa shape index (κ1) is 25.8. The van der Waals surface area contributed by atoms with Gasteiger partial charge in [0.25, 0.3) is 0 Å². The monoisotopic (exact) mass is 522 g/mol. The summed E-state index contributed by atoms with van der Waals surface area (Å²) in [5, 5.41) is 3.13. The number of nitrogens with zero attached hydrogens (tertiary/aromatic N) is 3. The zero-order valence-electron chi connectivity index (χ0n) is 19.7. The van der Waals surface area contributed by atoms with E-state index < -0.39 is 19.8 Å². The van der Waals surface area contributed by atoms with E-state index in [0.29, 0.717) is 18.6 Å². The normalized spacial score (nSPS) is 11.6. The van der Waals surface area contributed by atoms with Gasteiger partial charge in [-0.05, 0) is 51.1 Å². The summed E-state index contributed by atoms with van der Waals surface area (Å²) in [6, 6.07) is 8.29. The average molecular weight is 524 g/mol. The Hall–Kier alpha value is -2.46. The van der Waals surface area contributed by atoms with Crippen LogP contribution in [0, 0.1) is 0 Å². The topological polar surface area (TPSA) is 93.7 Å². The van der Waals surface area contributed by atoms with Gasteiger partial charge in [0, 0.05) is 25.3 Å². The van der Waals surface area contributed by atoms with Gasteiger partial charge in [-0.2, -0.15) is 9.97 Å². The van der Waals surface area contributed by atoms with Crippen molar-refractivity contribution in [2.24, 2.45) is 0 Å². The molecule has 0 aliphatic carbocycles. The fourth-order valence-corrected chi connectivity index (χ4v) is 3.41. The van der Waals surface area contributed by atoms with E-state index in [9.17, 15) is 9.59 Å². The molecule has 0 atom stereocenters. The highest BCUT2D eigenvalue weighted by molar-refractivity contribution is 9.10. The molecule has 8 nitrogen and oxygen atoms in total. The number of hydrogen-bond donors (Lipinski definition) is 1. The average Bonchev–Trinajstić information content (AvgIpc) is 2.66. The molecule has 1 aromatic carbocycles. The third-order valence-corrected chi connectivity index (χ3v) is 6.41. The molecule has 0 aliphatic heterocycles. The minimum Gasteiger partial charge on any atom is -0.477 e. The lowest BCUT2D eigenvalue weighted by Crippen LogP contribution is -2.35. The Kier molecular flexibility index (Phi) is 8.41. The van der Waals surface area contributed by atoms with Gasteiger partial charge in [-0.25, -0.2) is 9.69 Å². The molecule has 2 rings (SSSR count). The highest BCUT2D eigenvalue weighted by Gasteiger charge is 2.25. The van der Waals surface area contributed by atoms with Crippen LogP contribution in [-0.2, 0) is 4.74 Å². The molecule has 0 saturated carbocycles. The molecule has 174 valence electrons. The Labute approximate surface area is 198 Å². The van der Waals surface area contributed by atoms with Crippen LogP contribution >= 0.6 is 15.9 Å². The zero-order chi connectivity index (χ0) is 24.1. The maximum absolute atomic E-state index is 12.6. The first-order chi connectivity index (χ1) is 14.8. The molecule has 0 saturated heterocycles. The van der Waals surface area contributed by atoms with Crippen LogP contribution in [0.15, 0.2) is 28.7 Å². The Morgan fingerprint density at radius 1 is 1.19 bits per heavy atom. The van der Waals surface area contributed by atoms with Crippen molar-refractivity contribution in [2.75, 3.05) is 23.9 Å². The highest BCUT2D eigenvalue weighted by Crippen LogP contribution is 2.29. The molecule has 0 fully saturated rings. The molecule has 2 aromatic rings. The van der Waals surface area contributed by atoms with Crippen molar-refractivity contribution in [3.8, 4) is 5.88 Å². The molecule has 1 N–H and O–H groups in total. The minimum absolute atomic E-state index is 0.0625. The summed E-state index contributed by atoms with van der Waals surface area (Å²) in [5.74, 6) is 0.427. The van der Waals surface area contributed by atoms with Crippen LogP contribution in [0.4, 0.5) is 22.2 Å². The Morgan fingerprint density at radius 2 is 1.81 bits per heavy atom. The number of ether oxygens (including phenoxy) is 2. The second-order valence-electron chi connectivity index (χ2n) is 9.54. The van der Waals surface area contributed by atoms with Gasteiger partial charge in [0.05, 0.1) is 6.61 Å². The number of amides is 1. The van der Waals surface area contributed by atoms with E-state index in [2.05, 4.69) is 50.9 Å². The maximum atomic E-state index is 12.6. The lowest BCUT2D eigenvalue weighted by molar-refractivity contribution is 0.0587. The second-order valence-corrected chi connectivity index (χ2v) is 16.1. The zero-order valence-corrected chi connectivity index (χ0v) is 22.2. The number of aromatic nitrogens is 2. The van der Waals surface area contributed by atoms with Gasteiger partial charge in [-0.15, -0.1) is 0 Å². The van der Waals surface area contributed by atoms with Crippen molar-refractivity contribution in [2.45, 2.75) is 52.1 Å². The van der Waals surface area contributed by atoms with Crippen molar-refractivity contribution < 1.29 is 19.1 Å². The fraction of sp³-hybridized carbons (Fsp3) is 0.455. The number of hydrogen-bond acceptors (Lipinski definition) is 7. The Bertz CT molecular complexity index is 956. The number of benzene rings is 1. The number of rotatable bonds is 8. The molecular formula is C22H31BrN4O4Si. The van der Waals surface area contributed by atoms with Gasteiger partial charge >= 0.3 is 6.09 Å². The molecule has 1 amide bonds. The molecule has 32 heavy (non-hydrogen) atoms. The van der Waals surface area contributed by atoms with Crippen LogP contribution in [-0.4, -0.2) is 49.7 Å². The van der Waals surface area contributed by atoms with E-state index in [-0.39, 0.29) is 23.2 Å². The number of carbonyl (C=O) groups excluding carboxylic acids is 2. The maximum Gasteiger partial charge on any atom is 0.416 e. The molecule has 0 spiro atoms. The van der Waals surface area contributed by atoms with Crippen LogP contribution in [0.1, 0.15) is 31.1 Å². The van der Waals surface area contributed by atoms with Gasteiger partial charge in [0.1, 0.15) is 11.2 Å². The number of carbonyl (C=O) groups is 2. The molecule has 0 bridgehead atoms. The summed E-state index contributed by atoms with van der Waals surface area (Å²) in [4.78, 5) is 34.5. The first-order valence-corrected chi connectivity index (χ1v) is 14.8. The summed E-state index contributed by atoms with van der Waals surface area (Å²) in [6.07, 6.45) is 0.0430. The van der Waals surface area contributed by atoms with E-state index in [1.807, 2.05) is 24.3 Å². The van der Waals surface area contributed by atoms with Crippen molar-refractivity contribution in [3.05, 3.63) is 34.3 Å². The summed E-state index contributed by atoms with van der Waals surface area (Å²) in [7, 11) is 0.153. The van der Waals surface area contributed by atoms with Crippen molar-refractivity contribution in [1.82, 2.24) is 9.97 Å². The molecule has 1 heterocycles. The molecule has 0 radical (unpaired) electrons. The van der Waals surface area contributed by atoms with Gasteiger partial charge < -0.3 is 14.8 Å². The van der Waals surface area contributed by atoms with Gasteiger partial charge in [0.2, 0.25) is 11.8 Å². The predicted molar refractivity (Wildman–Crippen MR) is 133 cm³/mol. The Morgan fingerprint density at radius 3 is 2.34 bits per heavy atom. The standard InChI is InChI=1S/C22H31BrN4O4Si/c1-22(2,3)31-21(29)27(4)20-25-18(24-16-10-8-15(23)9-11-16)17(14-28)19(26-20)30-12-13-32(5,6)7/h8-11,14H,12-13H2,1-7H3,(H,24,25,26). The lowest BCUT2D eigenvalue weighted by atomic mass is 10.2. The van der Waals surface area contributed by atoms with E-state index in [1.165, 1.54) is 11.9 Å². The number of halogens is 1. The lowest BCUT2D eigenvalue weighted by Gasteiger charge is -2.24. The van der Waals surface area contributed by atoms with Crippen molar-refractivity contribution in [1.29, 1.82) is 0 Å². The predicted octanol–water partition coefficient (Wildman–Crippen LogP) is 5.88. The van der Waals surface area contributed by atoms with Gasteiger partial charge in [-0.1, -0.05) is 35.6 Å². The van der Waals surface area contributed by atoms with Crippen LogP contribution in [0.25, 0.3) is 0 Å². The summed E-state index contributed by atoms with van der Waals surface area (Å²) >= 11 is 3.40. The SMILES string of the molecule is CN(C(=O)OC(C)(C)C)c1nc(Nc2ccc(Br)cc2)c(C=O)c(OCC[Si](C)(C)C)n1. The second kappa shape index (κ2) is 10.4. The molecular weight excluding hydrogens is 492 g/mol. The van der Waals surface area contributed by atoms with Crippen molar-refractivity contribution in [3.63, 3.8) is 0 Å². The van der Waals surface area contributed by atoms with Crippen LogP contribution in [0.5, 0.6) is 5.88 Å². The van der Waals surface area contributed by atoms with Crippen LogP contribution < -0.4 is 15.0 Å². The van der Waals surface area contributed by atoms with Gasteiger partial charge in [-0.3, -0.25) is 4.79 Å². The number of anilines is 3. The van der Waals surface area contributed by atoms with E-state index >= 15 is 0 Å².